The van der Waals surface area contributed by atoms with Gasteiger partial charge in [-0.3, -0.25) is 4.90 Å². The molecule has 1 aromatic carbocycles. The van der Waals surface area contributed by atoms with Crippen molar-refractivity contribution in [3.8, 4) is 0 Å². The third kappa shape index (κ3) is 3.26. The van der Waals surface area contributed by atoms with E-state index in [0.717, 1.165) is 32.4 Å². The van der Waals surface area contributed by atoms with Crippen LogP contribution in [0.5, 0.6) is 0 Å². The molecular formula is C15H23ClN2O2S. The van der Waals surface area contributed by atoms with Gasteiger partial charge in [-0.05, 0) is 30.4 Å². The third-order valence-electron chi connectivity index (χ3n) is 4.81. The lowest BCUT2D eigenvalue weighted by Gasteiger charge is -2.45. The highest BCUT2D eigenvalue weighted by Crippen LogP contribution is 2.38. The first kappa shape index (κ1) is 16.7. The number of nitrogens with zero attached hydrogens (tertiary/aromatic N) is 2. The second-order valence-corrected chi connectivity index (χ2v) is 8.00. The van der Waals surface area contributed by atoms with E-state index in [2.05, 4.69) is 29.2 Å². The predicted octanol–water partition coefficient (Wildman–Crippen LogP) is 2.06. The van der Waals surface area contributed by atoms with Gasteiger partial charge in [-0.25, -0.2) is 12.7 Å². The van der Waals surface area contributed by atoms with Crippen LogP contribution in [0, 0.1) is 0 Å². The third-order valence-corrected chi connectivity index (χ3v) is 6.15. The summed E-state index contributed by atoms with van der Waals surface area (Å²) in [5.74, 6) is 0. The van der Waals surface area contributed by atoms with Crippen LogP contribution >= 0.6 is 12.4 Å². The minimum atomic E-state index is -3.10. The molecule has 2 aliphatic rings. The van der Waals surface area contributed by atoms with Crippen molar-refractivity contribution in [3.05, 3.63) is 35.4 Å². The minimum absolute atomic E-state index is 0. The Morgan fingerprint density at radius 3 is 2.67 bits per heavy atom. The minimum Gasteiger partial charge on any atom is -0.296 e. The molecule has 118 valence electrons. The summed E-state index contributed by atoms with van der Waals surface area (Å²) >= 11 is 0. The number of hydrogen-bond acceptors (Lipinski definition) is 3. The Morgan fingerprint density at radius 2 is 1.95 bits per heavy atom. The number of rotatable bonds is 2. The highest BCUT2D eigenvalue weighted by molar-refractivity contribution is 7.88. The standard InChI is InChI=1S/C15H22N2O2S.ClH/c1-16(20(2,18)19)13-8-10-17-9-7-12-5-3-4-6-14(12)15(17)11-13;/h3-6,13,15H,7-11H2,1-2H3;1H/t13-,15+;/m1./s1. The smallest absolute Gasteiger partial charge is 0.211 e. The van der Waals surface area contributed by atoms with Crippen LogP contribution in [0.3, 0.4) is 0 Å². The molecule has 0 radical (unpaired) electrons. The van der Waals surface area contributed by atoms with Crippen molar-refractivity contribution in [2.45, 2.75) is 31.3 Å². The lowest BCUT2D eigenvalue weighted by molar-refractivity contribution is 0.0971. The van der Waals surface area contributed by atoms with Crippen LogP contribution in [0.2, 0.25) is 0 Å². The molecule has 4 nitrogen and oxygen atoms in total. The number of benzene rings is 1. The Hall–Kier alpha value is -0.620. The molecule has 2 aliphatic heterocycles. The van der Waals surface area contributed by atoms with Gasteiger partial charge in [0.2, 0.25) is 10.0 Å². The molecule has 6 heteroatoms. The monoisotopic (exact) mass is 330 g/mol. The van der Waals surface area contributed by atoms with E-state index in [0.29, 0.717) is 6.04 Å². The van der Waals surface area contributed by atoms with Gasteiger partial charge in [0.05, 0.1) is 6.26 Å². The lowest BCUT2D eigenvalue weighted by Crippen LogP contribution is -2.48. The van der Waals surface area contributed by atoms with Crippen molar-refractivity contribution in [2.75, 3.05) is 26.4 Å². The van der Waals surface area contributed by atoms with Gasteiger partial charge in [0.15, 0.2) is 0 Å². The van der Waals surface area contributed by atoms with E-state index < -0.39 is 10.0 Å². The summed E-state index contributed by atoms with van der Waals surface area (Å²) in [6.45, 7) is 2.08. The molecule has 0 aliphatic carbocycles. The number of halogens is 1. The maximum atomic E-state index is 11.7. The number of fused-ring (bicyclic) bond motifs is 3. The normalized spacial score (nSPS) is 25.9. The van der Waals surface area contributed by atoms with Gasteiger partial charge in [-0.15, -0.1) is 12.4 Å². The average molecular weight is 331 g/mol. The van der Waals surface area contributed by atoms with E-state index in [9.17, 15) is 8.42 Å². The maximum absolute atomic E-state index is 11.7. The summed E-state index contributed by atoms with van der Waals surface area (Å²) in [7, 11) is -1.39. The second kappa shape index (κ2) is 6.24. The molecule has 3 rings (SSSR count). The second-order valence-electron chi connectivity index (χ2n) is 5.96. The number of piperidine rings is 1. The van der Waals surface area contributed by atoms with E-state index in [1.807, 2.05) is 0 Å². The van der Waals surface area contributed by atoms with E-state index in [1.54, 1.807) is 11.4 Å². The lowest BCUT2D eigenvalue weighted by atomic mass is 9.85. The summed E-state index contributed by atoms with van der Waals surface area (Å²) in [6, 6.07) is 9.09. The van der Waals surface area contributed by atoms with E-state index in [-0.39, 0.29) is 18.4 Å². The van der Waals surface area contributed by atoms with Crippen LogP contribution < -0.4 is 0 Å². The Morgan fingerprint density at radius 1 is 1.24 bits per heavy atom. The number of sulfonamides is 1. The van der Waals surface area contributed by atoms with Crippen LogP contribution in [0.1, 0.15) is 30.0 Å². The predicted molar refractivity (Wildman–Crippen MR) is 87.3 cm³/mol. The molecule has 1 fully saturated rings. The van der Waals surface area contributed by atoms with Crippen LogP contribution in [0.25, 0.3) is 0 Å². The molecule has 0 amide bonds. The highest BCUT2D eigenvalue weighted by atomic mass is 35.5. The van der Waals surface area contributed by atoms with Crippen LogP contribution in [0.15, 0.2) is 24.3 Å². The highest BCUT2D eigenvalue weighted by Gasteiger charge is 2.36. The van der Waals surface area contributed by atoms with Gasteiger partial charge in [0.1, 0.15) is 0 Å². The zero-order valence-electron chi connectivity index (χ0n) is 12.5. The average Bonchev–Trinajstić information content (AvgIpc) is 2.45. The molecule has 2 heterocycles. The summed E-state index contributed by atoms with van der Waals surface area (Å²) in [4.78, 5) is 2.51. The zero-order valence-corrected chi connectivity index (χ0v) is 14.2. The van der Waals surface area contributed by atoms with E-state index in [1.165, 1.54) is 17.4 Å². The fourth-order valence-corrected chi connectivity index (χ4v) is 4.27. The van der Waals surface area contributed by atoms with Gasteiger partial charge in [-0.1, -0.05) is 24.3 Å². The van der Waals surface area contributed by atoms with Gasteiger partial charge in [0, 0.05) is 32.2 Å². The molecule has 1 aromatic rings. The summed E-state index contributed by atoms with van der Waals surface area (Å²) in [5.41, 5.74) is 2.82. The SMILES string of the molecule is CN([C@@H]1CCN2CCc3ccccc3[C@@H]2C1)S(C)(=O)=O.Cl. The Kier molecular flexibility index (Phi) is 4.98. The molecule has 1 saturated heterocycles. The first-order valence-electron chi connectivity index (χ1n) is 7.21. The van der Waals surface area contributed by atoms with Gasteiger partial charge < -0.3 is 0 Å². The van der Waals surface area contributed by atoms with E-state index in [4.69, 9.17) is 0 Å². The Labute approximate surface area is 133 Å². The van der Waals surface area contributed by atoms with Crippen molar-refractivity contribution in [1.29, 1.82) is 0 Å². The first-order valence-corrected chi connectivity index (χ1v) is 9.06. The van der Waals surface area contributed by atoms with Gasteiger partial charge in [0.25, 0.3) is 0 Å². The van der Waals surface area contributed by atoms with Crippen molar-refractivity contribution < 1.29 is 8.42 Å². The molecule has 0 saturated carbocycles. The van der Waals surface area contributed by atoms with Crippen molar-refractivity contribution in [1.82, 2.24) is 9.21 Å². The fraction of sp³-hybridized carbons (Fsp3) is 0.600. The molecule has 2 atom stereocenters. The molecular weight excluding hydrogens is 308 g/mol. The molecule has 0 N–H and O–H groups in total. The molecule has 21 heavy (non-hydrogen) atoms. The summed E-state index contributed by atoms with van der Waals surface area (Å²) in [6.07, 6.45) is 4.25. The Balaban J connectivity index is 0.00000161. The molecule has 0 spiro atoms. The first-order chi connectivity index (χ1) is 9.47. The molecule has 0 unspecified atom stereocenters. The quantitative estimate of drug-likeness (QED) is 0.833. The van der Waals surface area contributed by atoms with Gasteiger partial charge in [-0.2, -0.15) is 0 Å². The van der Waals surface area contributed by atoms with Crippen LogP contribution in [-0.4, -0.2) is 50.1 Å². The van der Waals surface area contributed by atoms with Crippen molar-refractivity contribution >= 4 is 22.4 Å². The van der Waals surface area contributed by atoms with Crippen LogP contribution in [0.4, 0.5) is 0 Å². The number of hydrogen-bond donors (Lipinski definition) is 0. The van der Waals surface area contributed by atoms with Crippen molar-refractivity contribution in [3.63, 3.8) is 0 Å². The largest absolute Gasteiger partial charge is 0.296 e. The van der Waals surface area contributed by atoms with Crippen LogP contribution in [-0.2, 0) is 16.4 Å². The topological polar surface area (TPSA) is 40.6 Å². The van der Waals surface area contributed by atoms with Crippen molar-refractivity contribution in [2.24, 2.45) is 0 Å². The zero-order chi connectivity index (χ0) is 14.3. The molecule has 0 bridgehead atoms. The van der Waals surface area contributed by atoms with Gasteiger partial charge >= 0.3 is 0 Å². The van der Waals surface area contributed by atoms with E-state index >= 15 is 0 Å². The summed E-state index contributed by atoms with van der Waals surface area (Å²) in [5, 5.41) is 0. The fourth-order valence-electron chi connectivity index (χ4n) is 3.54. The molecule has 0 aromatic heterocycles. The summed E-state index contributed by atoms with van der Waals surface area (Å²) < 4.78 is 25.1. The Bertz CT molecular complexity index is 605. The maximum Gasteiger partial charge on any atom is 0.211 e.